The molecule has 0 aliphatic carbocycles. The van der Waals surface area contributed by atoms with Gasteiger partial charge >= 0.3 is 0 Å². The Morgan fingerprint density at radius 3 is 2.72 bits per heavy atom. The smallest absolute Gasteiger partial charge is 0.255 e. The number of aliphatic hydroxyl groups excluding tert-OH is 1. The Hall–Kier alpha value is -1.55. The average Bonchev–Trinajstić information content (AvgIpc) is 2.40. The summed E-state index contributed by atoms with van der Waals surface area (Å²) >= 11 is 0. The number of carbonyl (C=O) groups excluding carboxylic acids is 1. The Balaban J connectivity index is 2.13. The van der Waals surface area contributed by atoms with Crippen molar-refractivity contribution in [1.29, 1.82) is 0 Å². The molecule has 1 aliphatic heterocycles. The lowest BCUT2D eigenvalue weighted by molar-refractivity contribution is 0.0547. The number of rotatable bonds is 3. The van der Waals surface area contributed by atoms with Crippen LogP contribution in [0.3, 0.4) is 0 Å². The van der Waals surface area contributed by atoms with Crippen LogP contribution in [0.15, 0.2) is 24.3 Å². The lowest BCUT2D eigenvalue weighted by Gasteiger charge is -2.30. The normalized spacial score (nSPS) is 16.7. The number of carbonyl (C=O) groups is 1. The molecule has 0 radical (unpaired) electrons. The van der Waals surface area contributed by atoms with E-state index in [1.165, 1.54) is 0 Å². The minimum atomic E-state index is -0.252. The van der Waals surface area contributed by atoms with Crippen molar-refractivity contribution in [2.24, 2.45) is 0 Å². The van der Waals surface area contributed by atoms with Gasteiger partial charge in [0.05, 0.1) is 11.7 Å². The van der Waals surface area contributed by atoms with Crippen LogP contribution in [0.2, 0.25) is 0 Å². The molecule has 1 aliphatic rings. The lowest BCUT2D eigenvalue weighted by Crippen LogP contribution is -2.40. The molecule has 2 N–H and O–H groups in total. The first-order valence-corrected chi connectivity index (χ1v) is 6.52. The molecule has 0 spiro atoms. The number of nitrogens with zero attached hydrogens (tertiary/aromatic N) is 1. The third-order valence-electron chi connectivity index (χ3n) is 3.28. The first-order valence-electron chi connectivity index (χ1n) is 6.52. The van der Waals surface area contributed by atoms with Crippen molar-refractivity contribution in [3.8, 4) is 0 Å². The maximum absolute atomic E-state index is 12.4. The molecule has 18 heavy (non-hydrogen) atoms. The summed E-state index contributed by atoms with van der Waals surface area (Å²) in [5.41, 5.74) is 1.60. The summed E-state index contributed by atoms with van der Waals surface area (Å²) < 4.78 is 0. The fourth-order valence-electron chi connectivity index (χ4n) is 2.25. The SMILES string of the molecule is CCNc1ccccc1C(=O)N1CCC(O)CC1. The van der Waals surface area contributed by atoms with Crippen LogP contribution in [0.25, 0.3) is 0 Å². The molecule has 1 fully saturated rings. The van der Waals surface area contributed by atoms with Gasteiger partial charge in [-0.2, -0.15) is 0 Å². The molecule has 0 bridgehead atoms. The van der Waals surface area contributed by atoms with E-state index < -0.39 is 0 Å². The minimum absolute atomic E-state index is 0.0541. The fourth-order valence-corrected chi connectivity index (χ4v) is 2.25. The van der Waals surface area contributed by atoms with Crippen LogP contribution in [-0.2, 0) is 0 Å². The molecular formula is C14H20N2O2. The highest BCUT2D eigenvalue weighted by atomic mass is 16.3. The minimum Gasteiger partial charge on any atom is -0.393 e. The highest BCUT2D eigenvalue weighted by Crippen LogP contribution is 2.19. The number of anilines is 1. The maximum Gasteiger partial charge on any atom is 0.255 e. The zero-order valence-electron chi connectivity index (χ0n) is 10.7. The monoisotopic (exact) mass is 248 g/mol. The number of aliphatic hydroxyl groups is 1. The Morgan fingerprint density at radius 1 is 1.39 bits per heavy atom. The molecule has 4 nitrogen and oxygen atoms in total. The van der Waals surface area contributed by atoms with Crippen LogP contribution < -0.4 is 5.32 Å². The second kappa shape index (κ2) is 5.87. The van der Waals surface area contributed by atoms with Crippen LogP contribution >= 0.6 is 0 Å². The first kappa shape index (κ1) is 12.9. The molecule has 1 heterocycles. The highest BCUT2D eigenvalue weighted by molar-refractivity contribution is 5.99. The van der Waals surface area contributed by atoms with Crippen molar-refractivity contribution in [2.45, 2.75) is 25.9 Å². The summed E-state index contributed by atoms with van der Waals surface area (Å²) in [4.78, 5) is 14.2. The highest BCUT2D eigenvalue weighted by Gasteiger charge is 2.23. The van der Waals surface area contributed by atoms with Crippen molar-refractivity contribution in [3.05, 3.63) is 29.8 Å². The van der Waals surface area contributed by atoms with Gasteiger partial charge in [0.2, 0.25) is 0 Å². The average molecular weight is 248 g/mol. The van der Waals surface area contributed by atoms with Crippen molar-refractivity contribution < 1.29 is 9.90 Å². The molecule has 0 unspecified atom stereocenters. The summed E-state index contributed by atoms with van der Waals surface area (Å²) in [5.74, 6) is 0.0541. The predicted molar refractivity (Wildman–Crippen MR) is 71.8 cm³/mol. The van der Waals surface area contributed by atoms with Gasteiger partial charge in [-0.05, 0) is 31.9 Å². The Bertz CT molecular complexity index is 412. The van der Waals surface area contributed by atoms with Gasteiger partial charge in [0.25, 0.3) is 5.91 Å². The van der Waals surface area contributed by atoms with Crippen LogP contribution in [0.1, 0.15) is 30.1 Å². The van der Waals surface area contributed by atoms with Crippen LogP contribution in [0.4, 0.5) is 5.69 Å². The number of piperidine rings is 1. The van der Waals surface area contributed by atoms with Gasteiger partial charge in [-0.3, -0.25) is 4.79 Å². The maximum atomic E-state index is 12.4. The van der Waals surface area contributed by atoms with Gasteiger partial charge in [-0.25, -0.2) is 0 Å². The Labute approximate surface area is 108 Å². The summed E-state index contributed by atoms with van der Waals surface area (Å²) in [6, 6.07) is 7.59. The van der Waals surface area contributed by atoms with E-state index in [9.17, 15) is 9.90 Å². The number of nitrogens with one attached hydrogen (secondary N) is 1. The largest absolute Gasteiger partial charge is 0.393 e. The summed E-state index contributed by atoms with van der Waals surface area (Å²) in [7, 11) is 0. The second-order valence-corrected chi connectivity index (χ2v) is 4.60. The van der Waals surface area contributed by atoms with E-state index in [2.05, 4.69) is 5.32 Å². The second-order valence-electron chi connectivity index (χ2n) is 4.60. The van der Waals surface area contributed by atoms with Gasteiger partial charge in [0.15, 0.2) is 0 Å². The van der Waals surface area contributed by atoms with Gasteiger partial charge < -0.3 is 15.3 Å². The van der Waals surface area contributed by atoms with Gasteiger partial charge in [-0.15, -0.1) is 0 Å². The van der Waals surface area contributed by atoms with Crippen LogP contribution in [-0.4, -0.2) is 41.7 Å². The zero-order chi connectivity index (χ0) is 13.0. The topological polar surface area (TPSA) is 52.6 Å². The number of amides is 1. The molecule has 2 rings (SSSR count). The van der Waals surface area contributed by atoms with E-state index in [-0.39, 0.29) is 12.0 Å². The van der Waals surface area contributed by atoms with Crippen LogP contribution in [0.5, 0.6) is 0 Å². The number of likely N-dealkylation sites (tertiary alicyclic amines) is 1. The third kappa shape index (κ3) is 2.82. The number of para-hydroxylation sites is 1. The van der Waals surface area contributed by atoms with Gasteiger partial charge in [0, 0.05) is 25.3 Å². The predicted octanol–water partition coefficient (Wildman–Crippen LogP) is 1.72. The molecule has 98 valence electrons. The van der Waals surface area contributed by atoms with E-state index in [0.29, 0.717) is 25.9 Å². The van der Waals surface area contributed by atoms with Crippen molar-refractivity contribution in [1.82, 2.24) is 4.90 Å². The van der Waals surface area contributed by atoms with E-state index >= 15 is 0 Å². The summed E-state index contributed by atoms with van der Waals surface area (Å²) in [5, 5.41) is 12.7. The molecule has 1 aromatic carbocycles. The fraction of sp³-hybridized carbons (Fsp3) is 0.500. The number of hydrogen-bond donors (Lipinski definition) is 2. The van der Waals surface area contributed by atoms with E-state index in [4.69, 9.17) is 0 Å². The van der Waals surface area contributed by atoms with Gasteiger partial charge in [-0.1, -0.05) is 12.1 Å². The molecule has 4 heteroatoms. The van der Waals surface area contributed by atoms with Crippen molar-refractivity contribution in [3.63, 3.8) is 0 Å². The quantitative estimate of drug-likeness (QED) is 0.856. The van der Waals surface area contributed by atoms with Crippen LogP contribution in [0, 0.1) is 0 Å². The van der Waals surface area contributed by atoms with Crippen molar-refractivity contribution >= 4 is 11.6 Å². The molecule has 0 saturated carbocycles. The molecule has 1 saturated heterocycles. The zero-order valence-corrected chi connectivity index (χ0v) is 10.7. The Kier molecular flexibility index (Phi) is 4.20. The van der Waals surface area contributed by atoms with E-state index in [1.807, 2.05) is 36.1 Å². The van der Waals surface area contributed by atoms with E-state index in [0.717, 1.165) is 17.8 Å². The molecule has 1 amide bonds. The lowest BCUT2D eigenvalue weighted by atomic mass is 10.1. The molecular weight excluding hydrogens is 228 g/mol. The number of hydrogen-bond acceptors (Lipinski definition) is 3. The van der Waals surface area contributed by atoms with Crippen molar-refractivity contribution in [2.75, 3.05) is 25.0 Å². The number of benzene rings is 1. The first-order chi connectivity index (χ1) is 8.72. The van der Waals surface area contributed by atoms with E-state index in [1.54, 1.807) is 0 Å². The summed E-state index contributed by atoms with van der Waals surface area (Å²) in [6.45, 7) is 4.09. The molecule has 0 atom stereocenters. The third-order valence-corrected chi connectivity index (χ3v) is 3.28. The van der Waals surface area contributed by atoms with Gasteiger partial charge in [0.1, 0.15) is 0 Å². The Morgan fingerprint density at radius 2 is 2.06 bits per heavy atom. The standard InChI is InChI=1S/C14H20N2O2/c1-2-15-13-6-4-3-5-12(13)14(18)16-9-7-11(17)8-10-16/h3-6,11,15,17H,2,7-10H2,1H3. The molecule has 1 aromatic rings. The summed E-state index contributed by atoms with van der Waals surface area (Å²) in [6.07, 6.45) is 1.10. The molecule has 0 aromatic heterocycles.